The number of carbonyl (C=O) groups is 1. The number of para-hydroxylation sites is 1. The van der Waals surface area contributed by atoms with Gasteiger partial charge in [0.25, 0.3) is 0 Å². The number of hydrogen-bond acceptors (Lipinski definition) is 3. The van der Waals surface area contributed by atoms with E-state index >= 15 is 0 Å². The Morgan fingerprint density at radius 1 is 1.12 bits per heavy atom. The predicted octanol–water partition coefficient (Wildman–Crippen LogP) is 5.07. The predicted molar refractivity (Wildman–Crippen MR) is 109 cm³/mol. The average Bonchev–Trinajstić information content (AvgIpc) is 3.24. The topological polar surface area (TPSA) is 34.0 Å². The Bertz CT molecular complexity index is 913. The zero-order valence-electron chi connectivity index (χ0n) is 14.1. The SMILES string of the molecule is Cc1cc2ccccc2n1CC(=O)Nc1cccc(C2SCCS2)c1. The van der Waals surface area contributed by atoms with Gasteiger partial charge >= 0.3 is 0 Å². The lowest BCUT2D eigenvalue weighted by Crippen LogP contribution is -2.19. The van der Waals surface area contributed by atoms with Gasteiger partial charge < -0.3 is 9.88 Å². The second-order valence-corrected chi connectivity index (χ2v) is 8.90. The highest BCUT2D eigenvalue weighted by Gasteiger charge is 2.18. The summed E-state index contributed by atoms with van der Waals surface area (Å²) in [6.45, 7) is 2.37. The third kappa shape index (κ3) is 3.58. The highest BCUT2D eigenvalue weighted by molar-refractivity contribution is 8.19. The molecule has 1 aliphatic rings. The van der Waals surface area contributed by atoms with Gasteiger partial charge in [-0.3, -0.25) is 4.79 Å². The summed E-state index contributed by atoms with van der Waals surface area (Å²) < 4.78 is 2.56. The lowest BCUT2D eigenvalue weighted by Gasteiger charge is -2.12. The van der Waals surface area contributed by atoms with Crippen LogP contribution in [-0.2, 0) is 11.3 Å². The normalized spacial score (nSPS) is 14.9. The monoisotopic (exact) mass is 368 g/mol. The number of rotatable bonds is 4. The summed E-state index contributed by atoms with van der Waals surface area (Å²) in [5, 5.41) is 4.23. The first-order valence-electron chi connectivity index (χ1n) is 8.38. The molecule has 3 aromatic rings. The van der Waals surface area contributed by atoms with E-state index in [2.05, 4.69) is 40.2 Å². The molecule has 0 spiro atoms. The fraction of sp³-hybridized carbons (Fsp3) is 0.250. The van der Waals surface area contributed by atoms with Crippen LogP contribution in [0.25, 0.3) is 10.9 Å². The molecule has 4 rings (SSSR count). The van der Waals surface area contributed by atoms with Crippen LogP contribution in [0, 0.1) is 6.92 Å². The van der Waals surface area contributed by atoms with Crippen LogP contribution >= 0.6 is 23.5 Å². The molecule has 5 heteroatoms. The number of carbonyl (C=O) groups excluding carboxylic acids is 1. The summed E-state index contributed by atoms with van der Waals surface area (Å²) in [7, 11) is 0. The summed E-state index contributed by atoms with van der Waals surface area (Å²) in [6.07, 6.45) is 0. The van der Waals surface area contributed by atoms with Crippen molar-refractivity contribution in [3.05, 3.63) is 65.9 Å². The fourth-order valence-electron chi connectivity index (χ4n) is 3.22. The lowest BCUT2D eigenvalue weighted by atomic mass is 10.2. The molecular weight excluding hydrogens is 348 g/mol. The first kappa shape index (κ1) is 16.6. The fourth-order valence-corrected chi connectivity index (χ4v) is 6.05. The molecule has 0 aliphatic carbocycles. The van der Waals surface area contributed by atoms with Gasteiger partial charge in [0.05, 0.1) is 4.58 Å². The number of anilines is 1. The molecule has 1 aromatic heterocycles. The maximum atomic E-state index is 12.6. The lowest BCUT2D eigenvalue weighted by molar-refractivity contribution is -0.116. The minimum absolute atomic E-state index is 0.00771. The minimum Gasteiger partial charge on any atom is -0.335 e. The van der Waals surface area contributed by atoms with Gasteiger partial charge in [0, 0.05) is 28.4 Å². The Morgan fingerprint density at radius 2 is 1.92 bits per heavy atom. The van der Waals surface area contributed by atoms with Crippen LogP contribution in [0.2, 0.25) is 0 Å². The summed E-state index contributed by atoms with van der Waals surface area (Å²) in [5.74, 6) is 2.41. The van der Waals surface area contributed by atoms with Crippen LogP contribution < -0.4 is 5.32 Å². The second kappa shape index (κ2) is 7.18. The number of benzene rings is 2. The molecule has 1 aliphatic heterocycles. The highest BCUT2D eigenvalue weighted by Crippen LogP contribution is 2.45. The van der Waals surface area contributed by atoms with Crippen LogP contribution in [0.3, 0.4) is 0 Å². The number of thioether (sulfide) groups is 2. The first-order valence-corrected chi connectivity index (χ1v) is 10.5. The van der Waals surface area contributed by atoms with E-state index in [4.69, 9.17) is 0 Å². The zero-order valence-corrected chi connectivity index (χ0v) is 15.7. The first-order chi connectivity index (χ1) is 12.2. The van der Waals surface area contributed by atoms with Gasteiger partial charge in [-0.25, -0.2) is 0 Å². The van der Waals surface area contributed by atoms with Crippen LogP contribution in [0.4, 0.5) is 5.69 Å². The summed E-state index contributed by atoms with van der Waals surface area (Å²) in [4.78, 5) is 12.6. The third-order valence-electron chi connectivity index (χ3n) is 4.38. The van der Waals surface area contributed by atoms with E-state index in [0.29, 0.717) is 11.1 Å². The number of nitrogens with one attached hydrogen (secondary N) is 1. The maximum Gasteiger partial charge on any atom is 0.244 e. The van der Waals surface area contributed by atoms with Gasteiger partial charge in [-0.05, 0) is 42.1 Å². The van der Waals surface area contributed by atoms with Crippen LogP contribution in [0.5, 0.6) is 0 Å². The van der Waals surface area contributed by atoms with E-state index in [1.54, 1.807) is 0 Å². The summed E-state index contributed by atoms with van der Waals surface area (Å²) in [6, 6.07) is 18.5. The molecule has 0 atom stereocenters. The quantitative estimate of drug-likeness (QED) is 0.698. The Balaban J connectivity index is 1.50. The van der Waals surface area contributed by atoms with Crippen LogP contribution in [-0.4, -0.2) is 22.0 Å². The average molecular weight is 369 g/mol. The molecule has 1 fully saturated rings. The largest absolute Gasteiger partial charge is 0.335 e. The minimum atomic E-state index is 0.00771. The molecule has 1 saturated heterocycles. The number of aromatic nitrogens is 1. The van der Waals surface area contributed by atoms with Crippen molar-refractivity contribution >= 4 is 46.0 Å². The Morgan fingerprint density at radius 3 is 2.76 bits per heavy atom. The van der Waals surface area contributed by atoms with Gasteiger partial charge in [0.1, 0.15) is 6.54 Å². The number of fused-ring (bicyclic) bond motifs is 1. The van der Waals surface area contributed by atoms with E-state index in [9.17, 15) is 4.79 Å². The van der Waals surface area contributed by atoms with Crippen molar-refractivity contribution in [3.8, 4) is 0 Å². The van der Waals surface area contributed by atoms with Gasteiger partial charge in [-0.15, -0.1) is 23.5 Å². The Hall–Kier alpha value is -1.85. The molecule has 0 radical (unpaired) electrons. The molecule has 0 saturated carbocycles. The molecule has 1 amide bonds. The number of hydrogen-bond donors (Lipinski definition) is 1. The van der Waals surface area contributed by atoms with Crippen LogP contribution in [0.1, 0.15) is 15.8 Å². The van der Waals surface area contributed by atoms with E-state index in [1.165, 1.54) is 22.5 Å². The summed E-state index contributed by atoms with van der Waals surface area (Å²) in [5.41, 5.74) is 4.36. The van der Waals surface area contributed by atoms with E-state index in [-0.39, 0.29) is 5.91 Å². The number of aryl methyl sites for hydroxylation is 1. The van der Waals surface area contributed by atoms with Gasteiger partial charge in [0.15, 0.2) is 0 Å². The molecule has 0 bridgehead atoms. The van der Waals surface area contributed by atoms with Crippen molar-refractivity contribution in [1.82, 2.24) is 4.57 Å². The molecule has 2 heterocycles. The molecule has 1 N–H and O–H groups in total. The van der Waals surface area contributed by atoms with E-state index < -0.39 is 0 Å². The van der Waals surface area contributed by atoms with Crippen molar-refractivity contribution in [2.45, 2.75) is 18.1 Å². The van der Waals surface area contributed by atoms with E-state index in [1.807, 2.05) is 54.7 Å². The van der Waals surface area contributed by atoms with Crippen molar-refractivity contribution in [3.63, 3.8) is 0 Å². The van der Waals surface area contributed by atoms with E-state index in [0.717, 1.165) is 16.9 Å². The number of nitrogens with zero attached hydrogens (tertiary/aromatic N) is 1. The zero-order chi connectivity index (χ0) is 17.2. The standard InChI is InChI=1S/C20H20N2OS2/c1-14-11-15-5-2-3-8-18(15)22(14)13-19(23)21-17-7-4-6-16(12-17)20-24-9-10-25-20/h2-8,11-12,20H,9-10,13H2,1H3,(H,21,23). The van der Waals surface area contributed by atoms with Gasteiger partial charge in [-0.2, -0.15) is 0 Å². The van der Waals surface area contributed by atoms with Crippen molar-refractivity contribution < 1.29 is 4.79 Å². The molecule has 2 aromatic carbocycles. The van der Waals surface area contributed by atoms with Crippen molar-refractivity contribution in [1.29, 1.82) is 0 Å². The number of amides is 1. The molecule has 128 valence electrons. The van der Waals surface area contributed by atoms with Crippen molar-refractivity contribution in [2.24, 2.45) is 0 Å². The highest BCUT2D eigenvalue weighted by atomic mass is 32.2. The molecular formula is C20H20N2OS2. The third-order valence-corrected chi connectivity index (χ3v) is 7.49. The Kier molecular flexibility index (Phi) is 4.77. The van der Waals surface area contributed by atoms with Crippen LogP contribution in [0.15, 0.2) is 54.6 Å². The molecule has 0 unspecified atom stereocenters. The smallest absolute Gasteiger partial charge is 0.244 e. The van der Waals surface area contributed by atoms with Gasteiger partial charge in [-0.1, -0.05) is 30.3 Å². The Labute approximate surface area is 156 Å². The second-order valence-electron chi connectivity index (χ2n) is 6.18. The maximum absolute atomic E-state index is 12.6. The van der Waals surface area contributed by atoms with Gasteiger partial charge in [0.2, 0.25) is 5.91 Å². The molecule has 3 nitrogen and oxygen atoms in total. The summed E-state index contributed by atoms with van der Waals surface area (Å²) >= 11 is 3.95. The molecule has 25 heavy (non-hydrogen) atoms. The van der Waals surface area contributed by atoms with Crippen molar-refractivity contribution in [2.75, 3.05) is 16.8 Å².